The Morgan fingerprint density at radius 2 is 1.58 bits per heavy atom. The van der Waals surface area contributed by atoms with Crippen molar-refractivity contribution in [3.63, 3.8) is 0 Å². The van der Waals surface area contributed by atoms with E-state index in [-0.39, 0.29) is 12.1 Å². The van der Waals surface area contributed by atoms with Gasteiger partial charge in [-0.15, -0.1) is 0 Å². The molecule has 2 atom stereocenters. The fourth-order valence-corrected chi connectivity index (χ4v) is 2.43. The van der Waals surface area contributed by atoms with Gasteiger partial charge < -0.3 is 10.4 Å². The highest BCUT2D eigenvalue weighted by molar-refractivity contribution is 9.10. The number of phenolic OH excluding ortho intramolecular Hbond substituents is 1. The number of aromatic hydroxyl groups is 1. The van der Waals surface area contributed by atoms with E-state index in [2.05, 4.69) is 47.2 Å². The summed E-state index contributed by atoms with van der Waals surface area (Å²) in [5.41, 5.74) is 2.15. The summed E-state index contributed by atoms with van der Waals surface area (Å²) in [6.45, 7) is 4.18. The summed E-state index contributed by atoms with van der Waals surface area (Å²) in [6.07, 6.45) is 0. The van der Waals surface area contributed by atoms with Crippen LogP contribution in [-0.4, -0.2) is 5.11 Å². The van der Waals surface area contributed by atoms with Gasteiger partial charge in [0.2, 0.25) is 0 Å². The fourth-order valence-electron chi connectivity index (χ4n) is 2.17. The maximum absolute atomic E-state index is 9.85. The van der Waals surface area contributed by atoms with E-state index in [0.29, 0.717) is 5.75 Å². The van der Waals surface area contributed by atoms with Crippen LogP contribution in [-0.2, 0) is 0 Å². The molecule has 2 nitrogen and oxygen atoms in total. The van der Waals surface area contributed by atoms with Gasteiger partial charge in [0.05, 0.1) is 0 Å². The first-order valence-corrected chi connectivity index (χ1v) is 7.16. The van der Waals surface area contributed by atoms with Crippen molar-refractivity contribution in [3.8, 4) is 5.75 Å². The minimum absolute atomic E-state index is 0.0971. The Hall–Kier alpha value is -1.32. The van der Waals surface area contributed by atoms with Crippen LogP contribution in [0.15, 0.2) is 53.0 Å². The first kappa shape index (κ1) is 14.1. The minimum atomic E-state index is 0.0971. The van der Waals surface area contributed by atoms with E-state index in [4.69, 9.17) is 0 Å². The van der Waals surface area contributed by atoms with Gasteiger partial charge >= 0.3 is 0 Å². The van der Waals surface area contributed by atoms with Gasteiger partial charge in [-0.1, -0.05) is 46.3 Å². The molecule has 2 aromatic carbocycles. The Bertz CT molecular complexity index is 539. The van der Waals surface area contributed by atoms with Gasteiger partial charge in [0.1, 0.15) is 5.75 Å². The predicted molar refractivity (Wildman–Crippen MR) is 82.2 cm³/mol. The average Bonchev–Trinajstić information content (AvgIpc) is 2.39. The molecule has 0 heterocycles. The first-order chi connectivity index (χ1) is 9.08. The van der Waals surface area contributed by atoms with Crippen molar-refractivity contribution in [3.05, 3.63) is 64.1 Å². The molecule has 0 saturated carbocycles. The second-order valence-corrected chi connectivity index (χ2v) is 5.64. The number of rotatable bonds is 4. The molecule has 0 aliphatic heterocycles. The number of hydrogen-bond donors (Lipinski definition) is 2. The predicted octanol–water partition coefficient (Wildman–Crippen LogP) is 4.57. The second-order valence-electron chi connectivity index (χ2n) is 4.72. The van der Waals surface area contributed by atoms with Crippen LogP contribution in [0, 0.1) is 0 Å². The molecule has 0 fully saturated rings. The molecule has 0 aliphatic rings. The molecule has 2 N–H and O–H groups in total. The zero-order valence-electron chi connectivity index (χ0n) is 11.1. The highest BCUT2D eigenvalue weighted by Gasteiger charge is 2.13. The van der Waals surface area contributed by atoms with E-state index in [1.54, 1.807) is 6.07 Å². The molecule has 2 rings (SSSR count). The lowest BCUT2D eigenvalue weighted by Crippen LogP contribution is -2.22. The lowest BCUT2D eigenvalue weighted by Gasteiger charge is -2.21. The molecule has 0 radical (unpaired) electrons. The van der Waals surface area contributed by atoms with Crippen LogP contribution in [0.1, 0.15) is 37.1 Å². The van der Waals surface area contributed by atoms with Crippen molar-refractivity contribution < 1.29 is 5.11 Å². The molecule has 0 saturated heterocycles. The lowest BCUT2D eigenvalue weighted by atomic mass is 10.0. The van der Waals surface area contributed by atoms with Crippen LogP contribution in [0.3, 0.4) is 0 Å². The summed E-state index contributed by atoms with van der Waals surface area (Å²) in [5, 5.41) is 13.4. The molecule has 19 heavy (non-hydrogen) atoms. The van der Waals surface area contributed by atoms with Crippen LogP contribution in [0.4, 0.5) is 0 Å². The summed E-state index contributed by atoms with van der Waals surface area (Å²) in [5.74, 6) is 0.338. The third-order valence-corrected chi connectivity index (χ3v) is 3.80. The van der Waals surface area contributed by atoms with E-state index in [1.165, 1.54) is 5.56 Å². The Morgan fingerprint density at radius 1 is 0.947 bits per heavy atom. The van der Waals surface area contributed by atoms with Crippen molar-refractivity contribution in [2.75, 3.05) is 0 Å². The fraction of sp³-hybridized carbons (Fsp3) is 0.250. The largest absolute Gasteiger partial charge is 0.508 e. The van der Waals surface area contributed by atoms with Crippen molar-refractivity contribution in [1.82, 2.24) is 5.32 Å². The molecular formula is C16H18BrNO. The Labute approximate surface area is 122 Å². The Kier molecular flexibility index (Phi) is 4.61. The lowest BCUT2D eigenvalue weighted by molar-refractivity contribution is 0.438. The number of nitrogens with one attached hydrogen (secondary N) is 1. The van der Waals surface area contributed by atoms with E-state index >= 15 is 0 Å². The summed E-state index contributed by atoms with van der Waals surface area (Å²) in [6, 6.07) is 16.0. The van der Waals surface area contributed by atoms with Crippen LogP contribution < -0.4 is 5.32 Å². The highest BCUT2D eigenvalue weighted by Crippen LogP contribution is 2.26. The van der Waals surface area contributed by atoms with Gasteiger partial charge in [-0.2, -0.15) is 0 Å². The SMILES string of the molecule is CC(N[C@@H](C)c1ccc(Br)cc1)c1ccccc1O. The molecular weight excluding hydrogens is 302 g/mol. The minimum Gasteiger partial charge on any atom is -0.508 e. The third-order valence-electron chi connectivity index (χ3n) is 3.27. The smallest absolute Gasteiger partial charge is 0.120 e. The van der Waals surface area contributed by atoms with Gasteiger partial charge in [-0.25, -0.2) is 0 Å². The maximum Gasteiger partial charge on any atom is 0.120 e. The number of benzene rings is 2. The second kappa shape index (κ2) is 6.22. The van der Waals surface area contributed by atoms with E-state index < -0.39 is 0 Å². The maximum atomic E-state index is 9.85. The van der Waals surface area contributed by atoms with Gasteiger partial charge in [0.25, 0.3) is 0 Å². The summed E-state index contributed by atoms with van der Waals surface area (Å²) in [7, 11) is 0. The standard InChI is InChI=1S/C16H18BrNO/c1-11(13-7-9-14(17)10-8-13)18-12(2)15-5-3-4-6-16(15)19/h3-12,18-19H,1-2H3/t11-,12?/m0/s1. The quantitative estimate of drug-likeness (QED) is 0.865. The van der Waals surface area contributed by atoms with Crippen molar-refractivity contribution in [2.24, 2.45) is 0 Å². The number of halogens is 1. The molecule has 2 aromatic rings. The summed E-state index contributed by atoms with van der Waals surface area (Å²) in [4.78, 5) is 0. The number of phenols is 1. The monoisotopic (exact) mass is 319 g/mol. The molecule has 0 aromatic heterocycles. The van der Waals surface area contributed by atoms with E-state index in [1.807, 2.05) is 30.3 Å². The molecule has 0 spiro atoms. The first-order valence-electron chi connectivity index (χ1n) is 6.37. The molecule has 3 heteroatoms. The third kappa shape index (κ3) is 3.58. The summed E-state index contributed by atoms with van der Waals surface area (Å²) >= 11 is 3.44. The highest BCUT2D eigenvalue weighted by atomic mass is 79.9. The van der Waals surface area contributed by atoms with Crippen LogP contribution in [0.25, 0.3) is 0 Å². The van der Waals surface area contributed by atoms with Crippen LogP contribution >= 0.6 is 15.9 Å². The van der Waals surface area contributed by atoms with Crippen LogP contribution in [0.5, 0.6) is 5.75 Å². The molecule has 0 amide bonds. The van der Waals surface area contributed by atoms with E-state index in [0.717, 1.165) is 10.0 Å². The average molecular weight is 320 g/mol. The Balaban J connectivity index is 2.08. The summed E-state index contributed by atoms with van der Waals surface area (Å²) < 4.78 is 1.08. The van der Waals surface area contributed by atoms with Crippen molar-refractivity contribution >= 4 is 15.9 Å². The van der Waals surface area contributed by atoms with E-state index in [9.17, 15) is 5.11 Å². The van der Waals surface area contributed by atoms with Gasteiger partial charge in [0, 0.05) is 22.1 Å². The molecule has 0 bridgehead atoms. The molecule has 1 unspecified atom stereocenters. The topological polar surface area (TPSA) is 32.3 Å². The molecule has 100 valence electrons. The number of hydrogen-bond acceptors (Lipinski definition) is 2. The normalized spacial score (nSPS) is 14.1. The van der Waals surface area contributed by atoms with Gasteiger partial charge in [0.15, 0.2) is 0 Å². The zero-order valence-corrected chi connectivity index (χ0v) is 12.7. The molecule has 0 aliphatic carbocycles. The van der Waals surface area contributed by atoms with Gasteiger partial charge in [-0.3, -0.25) is 0 Å². The number of para-hydroxylation sites is 1. The van der Waals surface area contributed by atoms with Crippen molar-refractivity contribution in [2.45, 2.75) is 25.9 Å². The Morgan fingerprint density at radius 3 is 2.21 bits per heavy atom. The van der Waals surface area contributed by atoms with Gasteiger partial charge in [-0.05, 0) is 37.6 Å². The van der Waals surface area contributed by atoms with Crippen LogP contribution in [0.2, 0.25) is 0 Å². The zero-order chi connectivity index (χ0) is 13.8. The van der Waals surface area contributed by atoms with Crippen molar-refractivity contribution in [1.29, 1.82) is 0 Å².